The molecule has 0 bridgehead atoms. The van der Waals surface area contributed by atoms with E-state index >= 15 is 0 Å². The van der Waals surface area contributed by atoms with Crippen LogP contribution < -0.4 is 0 Å². The van der Waals surface area contributed by atoms with Crippen molar-refractivity contribution in [2.75, 3.05) is 26.2 Å². The van der Waals surface area contributed by atoms with Gasteiger partial charge in [-0.15, -0.1) is 0 Å². The molecule has 8 heteroatoms. The van der Waals surface area contributed by atoms with Crippen molar-refractivity contribution in [3.05, 3.63) is 52.9 Å². The van der Waals surface area contributed by atoms with Crippen molar-refractivity contribution < 1.29 is 18.4 Å². The second kappa shape index (κ2) is 7.67. The monoisotopic (exact) mass is 402 g/mol. The zero-order chi connectivity index (χ0) is 20.6. The highest BCUT2D eigenvalue weighted by molar-refractivity contribution is 5.97. The summed E-state index contributed by atoms with van der Waals surface area (Å²) in [6.07, 6.45) is 2.94. The van der Waals surface area contributed by atoms with Gasteiger partial charge in [0, 0.05) is 38.5 Å². The molecule has 1 unspecified atom stereocenters. The molecule has 4 rings (SSSR count). The summed E-state index contributed by atoms with van der Waals surface area (Å²) in [6, 6.07) is 5.55. The van der Waals surface area contributed by atoms with E-state index in [0.717, 1.165) is 37.9 Å². The number of aromatic amines is 1. The molecular weight excluding hydrogens is 378 g/mol. The van der Waals surface area contributed by atoms with E-state index in [0.29, 0.717) is 25.3 Å². The lowest BCUT2D eigenvalue weighted by atomic mass is 9.79. The highest BCUT2D eigenvalue weighted by atomic mass is 19.2. The minimum absolute atomic E-state index is 0.00983. The van der Waals surface area contributed by atoms with E-state index in [1.807, 2.05) is 4.90 Å². The Balaban J connectivity index is 1.41. The van der Waals surface area contributed by atoms with Crippen LogP contribution in [0, 0.1) is 17.0 Å². The Morgan fingerprint density at radius 1 is 1.14 bits per heavy atom. The highest BCUT2D eigenvalue weighted by Gasteiger charge is 2.43. The number of piperidine rings is 1. The molecule has 1 N–H and O–H groups in total. The maximum Gasteiger partial charge on any atom is 0.271 e. The summed E-state index contributed by atoms with van der Waals surface area (Å²) < 4.78 is 26.7. The predicted octanol–water partition coefficient (Wildman–Crippen LogP) is 3.02. The van der Waals surface area contributed by atoms with Crippen LogP contribution in [0.5, 0.6) is 0 Å². The number of ketones is 1. The number of aromatic nitrogens is 2. The van der Waals surface area contributed by atoms with Crippen LogP contribution in [-0.2, 0) is 6.54 Å². The number of nitrogens with one attached hydrogen (secondary N) is 1. The van der Waals surface area contributed by atoms with Crippen molar-refractivity contribution in [2.24, 2.45) is 5.41 Å². The van der Waals surface area contributed by atoms with E-state index in [1.54, 1.807) is 6.07 Å². The van der Waals surface area contributed by atoms with E-state index < -0.39 is 11.6 Å². The molecule has 0 radical (unpaired) electrons. The van der Waals surface area contributed by atoms with Crippen LogP contribution in [0.1, 0.15) is 52.7 Å². The lowest BCUT2D eigenvalue weighted by Crippen LogP contribution is -2.45. The SMILES string of the molecule is CC(=O)c1cc(C(=O)N2CCC3(CCCN(Cc4ccc(F)c(F)c4)C3)C2)[nH]n1. The van der Waals surface area contributed by atoms with Crippen LogP contribution >= 0.6 is 0 Å². The summed E-state index contributed by atoms with van der Waals surface area (Å²) in [5.74, 6) is -1.98. The summed E-state index contributed by atoms with van der Waals surface area (Å²) in [5, 5.41) is 6.56. The number of Topliss-reactive ketones (excluding diaryl/α,β-unsaturated/α-hetero) is 1. The molecule has 6 nitrogen and oxygen atoms in total. The summed E-state index contributed by atoms with van der Waals surface area (Å²) in [5.41, 5.74) is 1.36. The summed E-state index contributed by atoms with van der Waals surface area (Å²) >= 11 is 0. The molecule has 1 amide bonds. The fourth-order valence-electron chi connectivity index (χ4n) is 4.56. The lowest BCUT2D eigenvalue weighted by molar-refractivity contribution is 0.0670. The van der Waals surface area contributed by atoms with Gasteiger partial charge in [0.25, 0.3) is 5.91 Å². The quantitative estimate of drug-likeness (QED) is 0.799. The third-order valence-corrected chi connectivity index (χ3v) is 6.03. The van der Waals surface area contributed by atoms with Crippen molar-refractivity contribution in [1.29, 1.82) is 0 Å². The number of hydrogen-bond donors (Lipinski definition) is 1. The minimum Gasteiger partial charge on any atom is -0.337 e. The van der Waals surface area contributed by atoms with E-state index in [-0.39, 0.29) is 22.8 Å². The normalized spacial score (nSPS) is 22.4. The third kappa shape index (κ3) is 4.07. The van der Waals surface area contributed by atoms with Gasteiger partial charge in [-0.3, -0.25) is 19.6 Å². The van der Waals surface area contributed by atoms with Gasteiger partial charge in [0.2, 0.25) is 0 Å². The smallest absolute Gasteiger partial charge is 0.271 e. The number of H-pyrrole nitrogens is 1. The van der Waals surface area contributed by atoms with E-state index in [1.165, 1.54) is 25.1 Å². The summed E-state index contributed by atoms with van der Waals surface area (Å²) in [4.78, 5) is 28.3. The Morgan fingerprint density at radius 3 is 2.69 bits per heavy atom. The van der Waals surface area contributed by atoms with Crippen LogP contribution in [0.2, 0.25) is 0 Å². The Bertz CT molecular complexity index is 945. The van der Waals surface area contributed by atoms with E-state index in [9.17, 15) is 18.4 Å². The van der Waals surface area contributed by atoms with Gasteiger partial charge >= 0.3 is 0 Å². The molecule has 1 atom stereocenters. The van der Waals surface area contributed by atoms with Crippen molar-refractivity contribution in [3.63, 3.8) is 0 Å². The molecule has 2 aliphatic rings. The van der Waals surface area contributed by atoms with Crippen LogP contribution in [0.15, 0.2) is 24.3 Å². The maximum absolute atomic E-state index is 13.5. The number of carbonyl (C=O) groups excluding carboxylic acids is 2. The number of carbonyl (C=O) groups is 2. The minimum atomic E-state index is -0.833. The molecule has 2 saturated heterocycles. The molecule has 2 aliphatic heterocycles. The zero-order valence-corrected chi connectivity index (χ0v) is 16.4. The first-order valence-electron chi connectivity index (χ1n) is 9.87. The Morgan fingerprint density at radius 2 is 1.97 bits per heavy atom. The zero-order valence-electron chi connectivity index (χ0n) is 16.4. The Kier molecular flexibility index (Phi) is 5.21. The second-order valence-electron chi connectivity index (χ2n) is 8.26. The molecule has 3 heterocycles. The van der Waals surface area contributed by atoms with Gasteiger partial charge in [-0.2, -0.15) is 5.10 Å². The molecule has 1 aromatic heterocycles. The number of rotatable bonds is 4. The fraction of sp³-hybridized carbons (Fsp3) is 0.476. The van der Waals surface area contributed by atoms with Crippen molar-refractivity contribution >= 4 is 11.7 Å². The molecule has 2 fully saturated rings. The standard InChI is InChI=1S/C21H24F2N4O2/c1-14(28)18-10-19(25-24-18)20(29)27-8-6-21(13-27)5-2-7-26(12-21)11-15-3-4-16(22)17(23)9-15/h3-4,9-10H,2,5-8,11-13H2,1H3,(H,24,25). The van der Waals surface area contributed by atoms with Crippen molar-refractivity contribution in [1.82, 2.24) is 20.0 Å². The molecule has 1 aromatic carbocycles. The summed E-state index contributed by atoms with van der Waals surface area (Å²) in [7, 11) is 0. The van der Waals surface area contributed by atoms with E-state index in [2.05, 4.69) is 15.1 Å². The van der Waals surface area contributed by atoms with Gasteiger partial charge in [-0.1, -0.05) is 6.07 Å². The number of nitrogens with zero attached hydrogens (tertiary/aromatic N) is 3. The molecule has 154 valence electrons. The first-order chi connectivity index (χ1) is 13.8. The molecule has 0 saturated carbocycles. The number of amides is 1. The Hall–Kier alpha value is -2.61. The molecular formula is C21H24F2N4O2. The number of hydrogen-bond acceptors (Lipinski definition) is 4. The third-order valence-electron chi connectivity index (χ3n) is 6.03. The molecule has 2 aromatic rings. The largest absolute Gasteiger partial charge is 0.337 e. The van der Waals surface area contributed by atoms with Crippen molar-refractivity contribution in [3.8, 4) is 0 Å². The van der Waals surface area contributed by atoms with Gasteiger partial charge in [0.1, 0.15) is 11.4 Å². The maximum atomic E-state index is 13.5. The van der Waals surface area contributed by atoms with Gasteiger partial charge in [0.15, 0.2) is 17.4 Å². The number of likely N-dealkylation sites (tertiary alicyclic amines) is 2. The molecule has 1 spiro atoms. The van der Waals surface area contributed by atoms with Gasteiger partial charge in [-0.05, 0) is 49.6 Å². The van der Waals surface area contributed by atoms with Crippen LogP contribution in [0.4, 0.5) is 8.78 Å². The van der Waals surface area contributed by atoms with Gasteiger partial charge in [0.05, 0.1) is 0 Å². The second-order valence-corrected chi connectivity index (χ2v) is 8.26. The molecule has 29 heavy (non-hydrogen) atoms. The highest BCUT2D eigenvalue weighted by Crippen LogP contribution is 2.39. The van der Waals surface area contributed by atoms with Gasteiger partial charge in [-0.25, -0.2) is 8.78 Å². The van der Waals surface area contributed by atoms with Gasteiger partial charge < -0.3 is 4.90 Å². The predicted molar refractivity (Wildman–Crippen MR) is 102 cm³/mol. The first-order valence-corrected chi connectivity index (χ1v) is 9.87. The number of benzene rings is 1. The summed E-state index contributed by atoms with van der Waals surface area (Å²) in [6.45, 7) is 5.00. The fourth-order valence-corrected chi connectivity index (χ4v) is 4.56. The topological polar surface area (TPSA) is 69.3 Å². The van der Waals surface area contributed by atoms with Crippen LogP contribution in [-0.4, -0.2) is 57.9 Å². The number of halogens is 2. The van der Waals surface area contributed by atoms with Crippen molar-refractivity contribution in [2.45, 2.75) is 32.7 Å². The van der Waals surface area contributed by atoms with Crippen LogP contribution in [0.25, 0.3) is 0 Å². The van der Waals surface area contributed by atoms with Crippen LogP contribution in [0.3, 0.4) is 0 Å². The lowest BCUT2D eigenvalue weighted by Gasteiger charge is -2.40. The Labute approximate surface area is 167 Å². The van der Waals surface area contributed by atoms with E-state index in [4.69, 9.17) is 0 Å². The average molecular weight is 402 g/mol. The molecule has 0 aliphatic carbocycles. The average Bonchev–Trinajstić information content (AvgIpc) is 3.33. The first kappa shape index (κ1) is 19.7.